The van der Waals surface area contributed by atoms with Crippen LogP contribution in [0.3, 0.4) is 0 Å². The highest BCUT2D eigenvalue weighted by Gasteiger charge is 2.39. The highest BCUT2D eigenvalue weighted by atomic mass is 32.2. The van der Waals surface area contributed by atoms with E-state index in [9.17, 15) is 13.2 Å². The topological polar surface area (TPSA) is 98.9 Å². The Hall–Kier alpha value is -0.700. The van der Waals surface area contributed by atoms with Gasteiger partial charge in [-0.05, 0) is 6.92 Å². The summed E-state index contributed by atoms with van der Waals surface area (Å²) in [6.45, 7) is 1.93. The van der Waals surface area contributed by atoms with Crippen LogP contribution in [0.4, 0.5) is 0 Å². The first kappa shape index (κ1) is 14.4. The number of nitrogens with two attached hydrogens (primary N) is 1. The van der Waals surface area contributed by atoms with E-state index < -0.39 is 21.1 Å². The molecule has 0 saturated carbocycles. The molecule has 1 unspecified atom stereocenters. The lowest BCUT2D eigenvalue weighted by molar-refractivity contribution is -0.203. The fourth-order valence-corrected chi connectivity index (χ4v) is 2.43. The van der Waals surface area contributed by atoms with Gasteiger partial charge in [0.15, 0.2) is 5.79 Å². The van der Waals surface area contributed by atoms with Crippen LogP contribution in [-0.2, 0) is 24.3 Å². The van der Waals surface area contributed by atoms with E-state index >= 15 is 0 Å². The summed E-state index contributed by atoms with van der Waals surface area (Å²) < 4.78 is 32.6. The van der Waals surface area contributed by atoms with Gasteiger partial charge in [-0.1, -0.05) is 0 Å². The molecule has 0 aliphatic carbocycles. The summed E-state index contributed by atoms with van der Waals surface area (Å²) in [6, 6.07) is 0. The van der Waals surface area contributed by atoms with Gasteiger partial charge in [-0.15, -0.1) is 0 Å². The van der Waals surface area contributed by atoms with Crippen LogP contribution in [0.1, 0.15) is 13.3 Å². The number of likely N-dealkylation sites (tertiary alicyclic amines) is 1. The normalized spacial score (nSPS) is 22.2. The Morgan fingerprint density at radius 2 is 2.00 bits per heavy atom. The zero-order valence-corrected chi connectivity index (χ0v) is 11.0. The van der Waals surface area contributed by atoms with Crippen LogP contribution in [0.5, 0.6) is 0 Å². The largest absolute Gasteiger partial charge is 0.352 e. The van der Waals surface area contributed by atoms with Crippen molar-refractivity contribution < 1.29 is 22.7 Å². The molecule has 0 spiro atoms. The molecule has 1 fully saturated rings. The van der Waals surface area contributed by atoms with Crippen molar-refractivity contribution in [1.29, 1.82) is 0 Å². The summed E-state index contributed by atoms with van der Waals surface area (Å²) in [5.74, 6) is -1.20. The van der Waals surface area contributed by atoms with Crippen LogP contribution in [0, 0.1) is 0 Å². The van der Waals surface area contributed by atoms with Crippen molar-refractivity contribution in [3.05, 3.63) is 0 Å². The van der Waals surface area contributed by atoms with Crippen molar-refractivity contribution in [3.63, 3.8) is 0 Å². The third kappa shape index (κ3) is 3.38. The Kier molecular flexibility index (Phi) is 4.13. The lowest BCUT2D eigenvalue weighted by Crippen LogP contribution is -2.45. The van der Waals surface area contributed by atoms with Gasteiger partial charge in [-0.2, -0.15) is 0 Å². The van der Waals surface area contributed by atoms with Crippen LogP contribution in [-0.4, -0.2) is 57.6 Å². The summed E-state index contributed by atoms with van der Waals surface area (Å²) in [5.41, 5.74) is 0. The van der Waals surface area contributed by atoms with Gasteiger partial charge in [0, 0.05) is 27.2 Å². The number of hydrogen-bond acceptors (Lipinski definition) is 5. The summed E-state index contributed by atoms with van der Waals surface area (Å²) in [7, 11) is -0.762. The zero-order valence-electron chi connectivity index (χ0n) is 10.2. The summed E-state index contributed by atoms with van der Waals surface area (Å²) in [5, 5.41) is 4.18. The number of methoxy groups -OCH3 is 2. The maximum Gasteiger partial charge on any atom is 0.224 e. The van der Waals surface area contributed by atoms with Crippen molar-refractivity contribution in [2.45, 2.75) is 24.4 Å². The molecule has 1 heterocycles. The smallest absolute Gasteiger partial charge is 0.224 e. The molecule has 1 atom stereocenters. The van der Waals surface area contributed by atoms with Gasteiger partial charge in [0.2, 0.25) is 15.9 Å². The zero-order chi connectivity index (χ0) is 13.3. The second-order valence-electron chi connectivity index (χ2n) is 4.23. The van der Waals surface area contributed by atoms with E-state index in [0.717, 1.165) is 0 Å². The van der Waals surface area contributed by atoms with E-state index in [1.54, 1.807) is 6.92 Å². The molecule has 1 saturated heterocycles. The Bertz CT molecular complexity index is 390. The lowest BCUT2D eigenvalue weighted by Gasteiger charge is -2.31. The number of amides is 1. The molecule has 1 rings (SSSR count). The van der Waals surface area contributed by atoms with Gasteiger partial charge >= 0.3 is 0 Å². The first-order chi connectivity index (χ1) is 7.72. The average Bonchev–Trinajstić information content (AvgIpc) is 2.60. The molecule has 0 aromatic rings. The van der Waals surface area contributed by atoms with Gasteiger partial charge in [0.1, 0.15) is 5.25 Å². The molecule has 1 amide bonds. The van der Waals surface area contributed by atoms with Gasteiger partial charge < -0.3 is 14.4 Å². The molecule has 7 nitrogen and oxygen atoms in total. The van der Waals surface area contributed by atoms with Gasteiger partial charge in [-0.25, -0.2) is 13.6 Å². The molecule has 1 aliphatic heterocycles. The quantitative estimate of drug-likeness (QED) is 0.636. The Morgan fingerprint density at radius 1 is 1.47 bits per heavy atom. The molecule has 0 radical (unpaired) electrons. The van der Waals surface area contributed by atoms with E-state index in [2.05, 4.69) is 0 Å². The standard InChI is InChI=1S/C9H18N2O5S/c1-9(15-2,16-3)6-11-5-7(4-8(11)12)17(10,13)14/h7H,4-6H2,1-3H3,(H2,10,13,14). The van der Waals surface area contributed by atoms with E-state index in [0.29, 0.717) is 0 Å². The minimum Gasteiger partial charge on any atom is -0.352 e. The molecule has 8 heteroatoms. The minimum absolute atomic E-state index is 0.0810. The number of carbonyl (C=O) groups excluding carboxylic acids is 1. The summed E-state index contributed by atoms with van der Waals surface area (Å²) >= 11 is 0. The number of carbonyl (C=O) groups is 1. The van der Waals surface area contributed by atoms with Crippen molar-refractivity contribution in [2.75, 3.05) is 27.3 Å². The minimum atomic E-state index is -3.68. The second kappa shape index (κ2) is 4.89. The molecular formula is C9H18N2O5S. The van der Waals surface area contributed by atoms with Crippen LogP contribution in [0.25, 0.3) is 0 Å². The lowest BCUT2D eigenvalue weighted by atomic mass is 10.3. The van der Waals surface area contributed by atoms with E-state index in [1.165, 1.54) is 19.1 Å². The van der Waals surface area contributed by atoms with Crippen LogP contribution < -0.4 is 5.14 Å². The fraction of sp³-hybridized carbons (Fsp3) is 0.889. The monoisotopic (exact) mass is 266 g/mol. The van der Waals surface area contributed by atoms with Crippen molar-refractivity contribution in [1.82, 2.24) is 4.90 Å². The number of sulfonamides is 1. The van der Waals surface area contributed by atoms with Gasteiger partial charge in [-0.3, -0.25) is 4.79 Å². The number of hydrogen-bond donors (Lipinski definition) is 1. The fourth-order valence-electron chi connectivity index (χ4n) is 1.67. The molecule has 17 heavy (non-hydrogen) atoms. The molecule has 2 N–H and O–H groups in total. The molecule has 1 aliphatic rings. The molecule has 0 aromatic heterocycles. The first-order valence-corrected chi connectivity index (χ1v) is 6.72. The number of ether oxygens (including phenoxy) is 2. The molecule has 0 aromatic carbocycles. The average molecular weight is 266 g/mol. The van der Waals surface area contributed by atoms with Crippen LogP contribution in [0.15, 0.2) is 0 Å². The Labute approximate surface area is 101 Å². The van der Waals surface area contributed by atoms with Gasteiger partial charge in [0.25, 0.3) is 0 Å². The number of rotatable bonds is 5. The van der Waals surface area contributed by atoms with E-state index in [4.69, 9.17) is 14.6 Å². The van der Waals surface area contributed by atoms with Crippen LogP contribution >= 0.6 is 0 Å². The Balaban J connectivity index is 2.73. The number of primary sulfonamides is 1. The van der Waals surface area contributed by atoms with Crippen molar-refractivity contribution in [2.24, 2.45) is 5.14 Å². The highest BCUT2D eigenvalue weighted by Crippen LogP contribution is 2.20. The maximum atomic E-state index is 11.6. The van der Waals surface area contributed by atoms with Gasteiger partial charge in [0.05, 0.1) is 6.54 Å². The molecular weight excluding hydrogens is 248 g/mol. The SMILES string of the molecule is COC(C)(CN1CC(S(N)(=O)=O)CC1=O)OC. The third-order valence-corrected chi connectivity index (χ3v) is 4.23. The highest BCUT2D eigenvalue weighted by molar-refractivity contribution is 7.89. The predicted octanol–water partition coefficient (Wildman–Crippen LogP) is -1.12. The number of nitrogens with zero attached hydrogens (tertiary/aromatic N) is 1. The van der Waals surface area contributed by atoms with Crippen molar-refractivity contribution >= 4 is 15.9 Å². The van der Waals surface area contributed by atoms with E-state index in [1.807, 2.05) is 0 Å². The summed E-state index contributed by atoms with van der Waals surface area (Å²) in [6.07, 6.45) is -0.0810. The summed E-state index contributed by atoms with van der Waals surface area (Å²) in [4.78, 5) is 13.0. The predicted molar refractivity (Wildman–Crippen MR) is 60.5 cm³/mol. The third-order valence-electron chi connectivity index (χ3n) is 2.99. The molecule has 100 valence electrons. The maximum absolute atomic E-state index is 11.6. The second-order valence-corrected chi connectivity index (χ2v) is 6.08. The van der Waals surface area contributed by atoms with E-state index in [-0.39, 0.29) is 25.4 Å². The first-order valence-electron chi connectivity index (χ1n) is 5.11. The Morgan fingerprint density at radius 3 is 2.35 bits per heavy atom. The van der Waals surface area contributed by atoms with Crippen molar-refractivity contribution in [3.8, 4) is 0 Å². The van der Waals surface area contributed by atoms with Crippen LogP contribution in [0.2, 0.25) is 0 Å². The molecule has 0 bridgehead atoms.